The van der Waals surface area contributed by atoms with E-state index in [1.807, 2.05) is 37.4 Å². The van der Waals surface area contributed by atoms with Crippen LogP contribution < -0.4 is 10.6 Å². The Bertz CT molecular complexity index is 581. The van der Waals surface area contributed by atoms with E-state index in [-0.39, 0.29) is 5.91 Å². The highest BCUT2D eigenvalue weighted by molar-refractivity contribution is 5.95. The molecule has 2 rings (SSSR count). The van der Waals surface area contributed by atoms with Crippen LogP contribution in [0.2, 0.25) is 0 Å². The van der Waals surface area contributed by atoms with Crippen molar-refractivity contribution in [3.05, 3.63) is 71.3 Å². The van der Waals surface area contributed by atoms with Crippen LogP contribution >= 0.6 is 0 Å². The topological polar surface area (TPSA) is 41.1 Å². The van der Waals surface area contributed by atoms with E-state index in [9.17, 15) is 4.79 Å². The van der Waals surface area contributed by atoms with E-state index in [4.69, 9.17) is 0 Å². The lowest BCUT2D eigenvalue weighted by Crippen LogP contribution is -2.27. The van der Waals surface area contributed by atoms with Crippen LogP contribution in [0.5, 0.6) is 0 Å². The summed E-state index contributed by atoms with van der Waals surface area (Å²) in [7, 11) is 1.92. The molecule has 2 aromatic carbocycles. The van der Waals surface area contributed by atoms with Crippen molar-refractivity contribution in [1.29, 1.82) is 0 Å². The van der Waals surface area contributed by atoms with Gasteiger partial charge in [0.05, 0.1) is 0 Å². The van der Waals surface area contributed by atoms with Crippen LogP contribution in [0, 0.1) is 0 Å². The third kappa shape index (κ3) is 5.01. The molecule has 2 N–H and O–H groups in total. The Morgan fingerprint density at radius 1 is 0.909 bits per heavy atom. The molecule has 0 unspecified atom stereocenters. The molecule has 3 heteroatoms. The first-order valence-corrected chi connectivity index (χ1v) is 7.86. The Morgan fingerprint density at radius 2 is 1.64 bits per heavy atom. The summed E-state index contributed by atoms with van der Waals surface area (Å²) in [5.74, 6) is 0.0276. The third-order valence-electron chi connectivity index (χ3n) is 3.68. The van der Waals surface area contributed by atoms with Crippen LogP contribution in [0.15, 0.2) is 54.6 Å². The Balaban J connectivity index is 1.95. The van der Waals surface area contributed by atoms with Crippen molar-refractivity contribution < 1.29 is 4.79 Å². The number of hydrogen-bond donors (Lipinski definition) is 2. The number of carbonyl (C=O) groups is 1. The molecule has 22 heavy (non-hydrogen) atoms. The van der Waals surface area contributed by atoms with Crippen molar-refractivity contribution in [2.75, 3.05) is 20.1 Å². The zero-order valence-electron chi connectivity index (χ0n) is 13.1. The van der Waals surface area contributed by atoms with Gasteiger partial charge in [0.2, 0.25) is 0 Å². The summed E-state index contributed by atoms with van der Waals surface area (Å²) in [6.45, 7) is 1.61. The number of nitrogens with one attached hydrogen (secondary N) is 2. The molecule has 0 radical (unpaired) electrons. The Kier molecular flexibility index (Phi) is 6.65. The summed E-state index contributed by atoms with van der Waals surface area (Å²) >= 11 is 0. The molecule has 0 aromatic heterocycles. The predicted molar refractivity (Wildman–Crippen MR) is 91.2 cm³/mol. The Morgan fingerprint density at radius 3 is 2.41 bits per heavy atom. The fourth-order valence-electron chi connectivity index (χ4n) is 2.45. The number of amides is 1. The van der Waals surface area contributed by atoms with Gasteiger partial charge < -0.3 is 10.6 Å². The maximum Gasteiger partial charge on any atom is 0.251 e. The molecule has 3 nitrogen and oxygen atoms in total. The lowest BCUT2D eigenvalue weighted by Gasteiger charge is -2.10. The van der Waals surface area contributed by atoms with E-state index >= 15 is 0 Å². The quantitative estimate of drug-likeness (QED) is 0.736. The molecule has 1 amide bonds. The first kappa shape index (κ1) is 16.2. The molecule has 0 bridgehead atoms. The molecule has 0 aliphatic heterocycles. The number of rotatable bonds is 8. The van der Waals surface area contributed by atoms with Gasteiger partial charge >= 0.3 is 0 Å². The summed E-state index contributed by atoms with van der Waals surface area (Å²) in [6, 6.07) is 18.3. The highest BCUT2D eigenvalue weighted by Gasteiger charge is 2.10. The molecule has 0 atom stereocenters. The maximum absolute atomic E-state index is 12.3. The molecule has 0 aliphatic rings. The second kappa shape index (κ2) is 9.00. The fourth-order valence-corrected chi connectivity index (χ4v) is 2.45. The van der Waals surface area contributed by atoms with Crippen molar-refractivity contribution >= 4 is 5.91 Å². The van der Waals surface area contributed by atoms with Gasteiger partial charge in [-0.05, 0) is 50.0 Å². The van der Waals surface area contributed by atoms with Gasteiger partial charge in [-0.25, -0.2) is 0 Å². The molecule has 0 saturated heterocycles. The van der Waals surface area contributed by atoms with Crippen LogP contribution in [0.3, 0.4) is 0 Å². The maximum atomic E-state index is 12.3. The molecule has 2 aromatic rings. The summed E-state index contributed by atoms with van der Waals surface area (Å²) in [5.41, 5.74) is 3.20. The standard InChI is InChI=1S/C19H24N2O/c1-20-14-7-15-21-19(22)18-11-6-5-10-17(18)13-12-16-8-3-2-4-9-16/h2-6,8-11,20H,7,12-15H2,1H3,(H,21,22). The normalized spacial score (nSPS) is 10.4. The molecule has 116 valence electrons. The Labute approximate surface area is 132 Å². The van der Waals surface area contributed by atoms with E-state index < -0.39 is 0 Å². The van der Waals surface area contributed by atoms with Gasteiger partial charge in [-0.2, -0.15) is 0 Å². The van der Waals surface area contributed by atoms with Gasteiger partial charge in [0.25, 0.3) is 5.91 Å². The second-order valence-electron chi connectivity index (χ2n) is 5.36. The highest BCUT2D eigenvalue weighted by atomic mass is 16.1. The zero-order valence-corrected chi connectivity index (χ0v) is 13.1. The van der Waals surface area contributed by atoms with Gasteiger partial charge in [0.1, 0.15) is 0 Å². The zero-order chi connectivity index (χ0) is 15.6. The van der Waals surface area contributed by atoms with Crippen LogP contribution in [0.1, 0.15) is 27.9 Å². The first-order chi connectivity index (χ1) is 10.8. The van der Waals surface area contributed by atoms with Crippen molar-refractivity contribution in [1.82, 2.24) is 10.6 Å². The van der Waals surface area contributed by atoms with Crippen LogP contribution in [-0.2, 0) is 12.8 Å². The largest absolute Gasteiger partial charge is 0.352 e. The fraction of sp³-hybridized carbons (Fsp3) is 0.316. The van der Waals surface area contributed by atoms with Gasteiger partial charge in [-0.1, -0.05) is 48.5 Å². The van der Waals surface area contributed by atoms with E-state index in [2.05, 4.69) is 34.9 Å². The smallest absolute Gasteiger partial charge is 0.251 e. The average Bonchev–Trinajstić information content (AvgIpc) is 2.58. The van der Waals surface area contributed by atoms with E-state index in [1.165, 1.54) is 5.56 Å². The molecule has 0 saturated carbocycles. The minimum atomic E-state index is 0.0276. The van der Waals surface area contributed by atoms with Crippen molar-refractivity contribution in [3.8, 4) is 0 Å². The molecule has 0 fully saturated rings. The predicted octanol–water partition coefficient (Wildman–Crippen LogP) is 2.81. The summed E-state index contributed by atoms with van der Waals surface area (Å²) in [5, 5.41) is 6.07. The molecule has 0 heterocycles. The van der Waals surface area contributed by atoms with Crippen LogP contribution in [0.25, 0.3) is 0 Å². The molecular formula is C19H24N2O. The van der Waals surface area contributed by atoms with E-state index in [0.29, 0.717) is 6.54 Å². The van der Waals surface area contributed by atoms with Gasteiger partial charge in [-0.15, -0.1) is 0 Å². The average molecular weight is 296 g/mol. The van der Waals surface area contributed by atoms with Gasteiger partial charge in [-0.3, -0.25) is 4.79 Å². The van der Waals surface area contributed by atoms with Crippen molar-refractivity contribution in [2.45, 2.75) is 19.3 Å². The summed E-state index contributed by atoms with van der Waals surface area (Å²) < 4.78 is 0. The number of aryl methyl sites for hydroxylation is 2. The SMILES string of the molecule is CNCCCNC(=O)c1ccccc1CCc1ccccc1. The minimum Gasteiger partial charge on any atom is -0.352 e. The number of hydrogen-bond acceptors (Lipinski definition) is 2. The second-order valence-corrected chi connectivity index (χ2v) is 5.36. The monoisotopic (exact) mass is 296 g/mol. The molecule has 0 spiro atoms. The summed E-state index contributed by atoms with van der Waals surface area (Å²) in [4.78, 5) is 12.3. The first-order valence-electron chi connectivity index (χ1n) is 7.86. The third-order valence-corrected chi connectivity index (χ3v) is 3.68. The molecular weight excluding hydrogens is 272 g/mol. The lowest BCUT2D eigenvalue weighted by atomic mass is 9.99. The van der Waals surface area contributed by atoms with Gasteiger partial charge in [0.15, 0.2) is 0 Å². The highest BCUT2D eigenvalue weighted by Crippen LogP contribution is 2.12. The van der Waals surface area contributed by atoms with Crippen LogP contribution in [0.4, 0.5) is 0 Å². The summed E-state index contributed by atoms with van der Waals surface area (Å²) in [6.07, 6.45) is 2.77. The minimum absolute atomic E-state index is 0.0276. The number of carbonyl (C=O) groups excluding carboxylic acids is 1. The molecule has 0 aliphatic carbocycles. The van der Waals surface area contributed by atoms with Crippen LogP contribution in [-0.4, -0.2) is 26.0 Å². The van der Waals surface area contributed by atoms with E-state index in [0.717, 1.165) is 36.9 Å². The lowest BCUT2D eigenvalue weighted by molar-refractivity contribution is 0.0952. The number of benzene rings is 2. The van der Waals surface area contributed by atoms with Crippen molar-refractivity contribution in [3.63, 3.8) is 0 Å². The van der Waals surface area contributed by atoms with Crippen molar-refractivity contribution in [2.24, 2.45) is 0 Å². The van der Waals surface area contributed by atoms with Gasteiger partial charge in [0, 0.05) is 12.1 Å². The van der Waals surface area contributed by atoms with E-state index in [1.54, 1.807) is 0 Å². The Hall–Kier alpha value is -2.13.